The van der Waals surface area contributed by atoms with Gasteiger partial charge in [0.15, 0.2) is 0 Å². The normalized spacial score (nSPS) is 11.0. The Kier molecular flexibility index (Phi) is 3.35. The molecule has 4 rings (SSSR count). The molecular weight excluding hydrogens is 304 g/mol. The zero-order valence-electron chi connectivity index (χ0n) is 12.7. The lowest BCUT2D eigenvalue weighted by Gasteiger charge is -2.07. The van der Waals surface area contributed by atoms with Gasteiger partial charge in [0.05, 0.1) is 11.6 Å². The van der Waals surface area contributed by atoms with Crippen molar-refractivity contribution in [3.63, 3.8) is 0 Å². The van der Waals surface area contributed by atoms with Crippen molar-refractivity contribution in [3.8, 4) is 0 Å². The van der Waals surface area contributed by atoms with E-state index in [2.05, 4.69) is 15.4 Å². The first-order valence-corrected chi connectivity index (χ1v) is 7.52. The van der Waals surface area contributed by atoms with E-state index in [0.717, 1.165) is 16.3 Å². The average Bonchev–Trinajstić information content (AvgIpc) is 3.05. The third kappa shape index (κ3) is 2.54. The molecule has 0 saturated heterocycles. The molecule has 2 heterocycles. The van der Waals surface area contributed by atoms with E-state index < -0.39 is 0 Å². The molecular formula is C18H14N4O2. The van der Waals surface area contributed by atoms with E-state index >= 15 is 0 Å². The third-order valence-corrected chi connectivity index (χ3v) is 3.89. The molecule has 4 aromatic rings. The van der Waals surface area contributed by atoms with Crippen LogP contribution in [0.5, 0.6) is 0 Å². The second-order valence-electron chi connectivity index (χ2n) is 5.52. The fourth-order valence-corrected chi connectivity index (χ4v) is 2.70. The Balaban J connectivity index is 1.57. The van der Waals surface area contributed by atoms with Crippen LogP contribution in [0.15, 0.2) is 65.7 Å². The Morgan fingerprint density at radius 3 is 2.92 bits per heavy atom. The van der Waals surface area contributed by atoms with Crippen molar-refractivity contribution < 1.29 is 4.79 Å². The smallest absolute Gasteiger partial charge is 0.275 e. The summed E-state index contributed by atoms with van der Waals surface area (Å²) < 4.78 is 1.17. The monoisotopic (exact) mass is 318 g/mol. The van der Waals surface area contributed by atoms with Gasteiger partial charge in [0.1, 0.15) is 6.54 Å². The van der Waals surface area contributed by atoms with Crippen LogP contribution in [0.25, 0.3) is 21.7 Å². The van der Waals surface area contributed by atoms with Crippen LogP contribution in [0.4, 0.5) is 5.69 Å². The number of benzene rings is 2. The zero-order valence-corrected chi connectivity index (χ0v) is 12.7. The molecule has 1 amide bonds. The Labute approximate surface area is 136 Å². The largest absolute Gasteiger partial charge is 0.361 e. The summed E-state index contributed by atoms with van der Waals surface area (Å²) in [5.74, 6) is -0.300. The molecule has 0 bridgehead atoms. The number of nitrogens with zero attached hydrogens (tertiary/aromatic N) is 2. The third-order valence-electron chi connectivity index (χ3n) is 3.89. The van der Waals surface area contributed by atoms with E-state index in [1.165, 1.54) is 4.68 Å². The van der Waals surface area contributed by atoms with Gasteiger partial charge >= 0.3 is 0 Å². The number of aromatic amines is 1. The van der Waals surface area contributed by atoms with Crippen LogP contribution in [0.2, 0.25) is 0 Å². The van der Waals surface area contributed by atoms with E-state index in [1.54, 1.807) is 18.3 Å². The minimum absolute atomic E-state index is 0.133. The molecule has 0 aliphatic rings. The summed E-state index contributed by atoms with van der Waals surface area (Å²) in [6, 6.07) is 14.7. The van der Waals surface area contributed by atoms with Crippen LogP contribution < -0.4 is 10.9 Å². The van der Waals surface area contributed by atoms with Crippen LogP contribution in [0.1, 0.15) is 0 Å². The Bertz CT molecular complexity index is 1110. The predicted octanol–water partition coefficient (Wildman–Crippen LogP) is 2.52. The Hall–Kier alpha value is -3.41. The van der Waals surface area contributed by atoms with Crippen LogP contribution >= 0.6 is 0 Å². The van der Waals surface area contributed by atoms with Gasteiger partial charge in [-0.2, -0.15) is 5.10 Å². The highest BCUT2D eigenvalue weighted by atomic mass is 16.2. The zero-order chi connectivity index (χ0) is 16.5. The second-order valence-corrected chi connectivity index (χ2v) is 5.52. The summed E-state index contributed by atoms with van der Waals surface area (Å²) in [6.45, 7) is -0.133. The van der Waals surface area contributed by atoms with Crippen LogP contribution in [-0.4, -0.2) is 20.7 Å². The maximum atomic E-state index is 12.4. The lowest BCUT2D eigenvalue weighted by molar-refractivity contribution is -0.117. The van der Waals surface area contributed by atoms with Crippen LogP contribution in [0.3, 0.4) is 0 Å². The molecule has 2 N–H and O–H groups in total. The molecule has 24 heavy (non-hydrogen) atoms. The van der Waals surface area contributed by atoms with E-state index in [0.29, 0.717) is 11.1 Å². The van der Waals surface area contributed by atoms with Crippen LogP contribution in [0, 0.1) is 0 Å². The fraction of sp³-hybridized carbons (Fsp3) is 0.0556. The van der Waals surface area contributed by atoms with Gasteiger partial charge in [0.2, 0.25) is 5.91 Å². The maximum absolute atomic E-state index is 12.4. The second kappa shape index (κ2) is 5.66. The summed E-state index contributed by atoms with van der Waals surface area (Å²) in [4.78, 5) is 27.7. The summed E-state index contributed by atoms with van der Waals surface area (Å²) in [7, 11) is 0. The van der Waals surface area contributed by atoms with Crippen molar-refractivity contribution in [2.45, 2.75) is 6.54 Å². The van der Waals surface area contributed by atoms with Gasteiger partial charge in [-0.3, -0.25) is 9.59 Å². The van der Waals surface area contributed by atoms with Gasteiger partial charge in [0, 0.05) is 22.8 Å². The molecule has 0 atom stereocenters. The highest BCUT2D eigenvalue weighted by molar-refractivity contribution is 5.93. The lowest BCUT2D eigenvalue weighted by atomic mass is 10.2. The number of carbonyl (C=O) groups is 1. The van der Waals surface area contributed by atoms with E-state index in [1.807, 2.05) is 42.6 Å². The highest BCUT2D eigenvalue weighted by Crippen LogP contribution is 2.17. The summed E-state index contributed by atoms with van der Waals surface area (Å²) >= 11 is 0. The SMILES string of the molecule is O=C(Cn1ncc2ccccc2c1=O)Nc1ccc2cc[nH]c2c1. The van der Waals surface area contributed by atoms with Crippen molar-refractivity contribution in [1.29, 1.82) is 0 Å². The molecule has 6 nitrogen and oxygen atoms in total. The van der Waals surface area contributed by atoms with Gasteiger partial charge in [-0.15, -0.1) is 0 Å². The van der Waals surface area contributed by atoms with Crippen molar-refractivity contribution >= 4 is 33.3 Å². The molecule has 0 radical (unpaired) electrons. The minimum atomic E-state index is -0.300. The topological polar surface area (TPSA) is 79.8 Å². The van der Waals surface area contributed by atoms with Crippen molar-refractivity contribution in [1.82, 2.24) is 14.8 Å². The van der Waals surface area contributed by atoms with Crippen molar-refractivity contribution in [2.24, 2.45) is 0 Å². The first-order chi connectivity index (χ1) is 11.7. The number of hydrogen-bond donors (Lipinski definition) is 2. The standard InChI is InChI=1S/C18H14N4O2/c23-17(21-14-6-5-12-7-8-19-16(12)9-14)11-22-18(24)15-4-2-1-3-13(15)10-20-22/h1-10,19H,11H2,(H,21,23). The number of fused-ring (bicyclic) bond motifs is 2. The quantitative estimate of drug-likeness (QED) is 0.609. The Morgan fingerprint density at radius 2 is 2.00 bits per heavy atom. The average molecular weight is 318 g/mol. The fourth-order valence-electron chi connectivity index (χ4n) is 2.70. The van der Waals surface area contributed by atoms with E-state index in [-0.39, 0.29) is 18.0 Å². The maximum Gasteiger partial charge on any atom is 0.275 e. The summed E-state index contributed by atoms with van der Waals surface area (Å²) in [5.41, 5.74) is 1.33. The Morgan fingerprint density at radius 1 is 1.12 bits per heavy atom. The predicted molar refractivity (Wildman–Crippen MR) is 92.9 cm³/mol. The van der Waals surface area contributed by atoms with Gasteiger partial charge < -0.3 is 10.3 Å². The molecule has 0 fully saturated rings. The number of anilines is 1. The molecule has 2 aromatic heterocycles. The van der Waals surface area contributed by atoms with Crippen LogP contribution in [-0.2, 0) is 11.3 Å². The van der Waals surface area contributed by atoms with Gasteiger partial charge in [-0.05, 0) is 29.7 Å². The molecule has 6 heteroatoms. The summed E-state index contributed by atoms with van der Waals surface area (Å²) in [6.07, 6.45) is 3.43. The first kappa shape index (κ1) is 14.2. The number of aromatic nitrogens is 3. The lowest BCUT2D eigenvalue weighted by Crippen LogP contribution is -2.29. The van der Waals surface area contributed by atoms with Crippen molar-refractivity contribution in [3.05, 3.63) is 71.3 Å². The molecule has 0 unspecified atom stereocenters. The molecule has 0 saturated carbocycles. The van der Waals surface area contributed by atoms with Gasteiger partial charge in [-0.25, -0.2) is 4.68 Å². The van der Waals surface area contributed by atoms with E-state index in [4.69, 9.17) is 0 Å². The number of nitrogens with one attached hydrogen (secondary N) is 2. The van der Waals surface area contributed by atoms with Gasteiger partial charge in [0.25, 0.3) is 5.56 Å². The number of hydrogen-bond acceptors (Lipinski definition) is 3. The number of carbonyl (C=O) groups excluding carboxylic acids is 1. The first-order valence-electron chi connectivity index (χ1n) is 7.52. The highest BCUT2D eigenvalue weighted by Gasteiger charge is 2.09. The molecule has 118 valence electrons. The summed E-state index contributed by atoms with van der Waals surface area (Å²) in [5, 5.41) is 9.24. The molecule has 0 aliphatic heterocycles. The minimum Gasteiger partial charge on any atom is -0.361 e. The number of amides is 1. The van der Waals surface area contributed by atoms with E-state index in [9.17, 15) is 9.59 Å². The molecule has 0 aliphatic carbocycles. The van der Waals surface area contributed by atoms with Gasteiger partial charge in [-0.1, -0.05) is 24.3 Å². The number of H-pyrrole nitrogens is 1. The van der Waals surface area contributed by atoms with Crippen molar-refractivity contribution in [2.75, 3.05) is 5.32 Å². The molecule has 2 aromatic carbocycles. The number of rotatable bonds is 3. The molecule has 0 spiro atoms.